The molecule has 1 unspecified atom stereocenters. The van der Waals surface area contributed by atoms with Crippen molar-refractivity contribution in [2.24, 2.45) is 0 Å². The van der Waals surface area contributed by atoms with Crippen LogP contribution in [0.3, 0.4) is 0 Å². The molecule has 20 heavy (non-hydrogen) atoms. The summed E-state index contributed by atoms with van der Waals surface area (Å²) in [5.74, 6) is -4.08. The lowest BCUT2D eigenvalue weighted by atomic mass is 10.3. The summed E-state index contributed by atoms with van der Waals surface area (Å²) in [6.07, 6.45) is 0.207. The van der Waals surface area contributed by atoms with Gasteiger partial charge in [-0.2, -0.15) is 0 Å². The number of hydrogen-bond donors (Lipinski definition) is 1. The van der Waals surface area contributed by atoms with Gasteiger partial charge in [-0.25, -0.2) is 26.3 Å². The number of methoxy groups -OCH3 is 1. The second kappa shape index (κ2) is 7.26. The van der Waals surface area contributed by atoms with Gasteiger partial charge in [-0.1, -0.05) is 0 Å². The smallest absolute Gasteiger partial charge is 0.246 e. The summed E-state index contributed by atoms with van der Waals surface area (Å²) in [6.45, 7) is -0.0175. The number of hydrogen-bond acceptors (Lipinski definition) is 3. The van der Waals surface area contributed by atoms with E-state index in [0.717, 1.165) is 0 Å². The van der Waals surface area contributed by atoms with Crippen molar-refractivity contribution in [3.8, 4) is 0 Å². The van der Waals surface area contributed by atoms with E-state index in [4.69, 9.17) is 16.3 Å². The summed E-state index contributed by atoms with van der Waals surface area (Å²) >= 11 is 5.50. The zero-order chi connectivity index (χ0) is 15.3. The highest BCUT2D eigenvalue weighted by molar-refractivity contribution is 7.89. The SMILES string of the molecule is COCC(CCCl)NS(=O)(=O)c1c(F)cc(F)cc1F. The van der Waals surface area contributed by atoms with Crippen molar-refractivity contribution in [3.05, 3.63) is 29.6 Å². The van der Waals surface area contributed by atoms with Crippen molar-refractivity contribution in [1.29, 1.82) is 0 Å². The molecule has 0 amide bonds. The second-order valence-corrected chi connectivity index (χ2v) is 5.98. The van der Waals surface area contributed by atoms with Gasteiger partial charge in [0.15, 0.2) is 4.90 Å². The molecule has 1 aromatic rings. The van der Waals surface area contributed by atoms with Crippen molar-refractivity contribution in [3.63, 3.8) is 0 Å². The molecule has 0 saturated heterocycles. The number of benzene rings is 1. The summed E-state index contributed by atoms with van der Waals surface area (Å²) in [4.78, 5) is -1.23. The predicted octanol–water partition coefficient (Wildman–Crippen LogP) is 2.03. The zero-order valence-corrected chi connectivity index (χ0v) is 12.1. The van der Waals surface area contributed by atoms with Crippen LogP contribution in [0.15, 0.2) is 17.0 Å². The van der Waals surface area contributed by atoms with Crippen molar-refractivity contribution in [2.75, 3.05) is 19.6 Å². The molecule has 114 valence electrons. The molecule has 0 aliphatic carbocycles. The van der Waals surface area contributed by atoms with Crippen molar-refractivity contribution in [1.82, 2.24) is 4.72 Å². The highest BCUT2D eigenvalue weighted by Gasteiger charge is 2.27. The van der Waals surface area contributed by atoms with Crippen LogP contribution in [0.1, 0.15) is 6.42 Å². The Kier molecular flexibility index (Phi) is 6.25. The monoisotopic (exact) mass is 331 g/mol. The number of ether oxygens (including phenoxy) is 1. The standard InChI is InChI=1S/C11H13ClF3NO3S/c1-19-6-8(2-3-12)16-20(17,18)11-9(14)4-7(13)5-10(11)15/h4-5,8,16H,2-3,6H2,1H3. The van der Waals surface area contributed by atoms with Crippen molar-refractivity contribution >= 4 is 21.6 Å². The first-order valence-electron chi connectivity index (χ1n) is 5.53. The summed E-state index contributed by atoms with van der Waals surface area (Å²) in [5.41, 5.74) is 0. The topological polar surface area (TPSA) is 55.4 Å². The van der Waals surface area contributed by atoms with Crippen LogP contribution in [0.5, 0.6) is 0 Å². The highest BCUT2D eigenvalue weighted by Crippen LogP contribution is 2.20. The summed E-state index contributed by atoms with van der Waals surface area (Å²) in [7, 11) is -3.15. The fraction of sp³-hybridized carbons (Fsp3) is 0.455. The molecule has 0 radical (unpaired) electrons. The Balaban J connectivity index is 3.10. The minimum absolute atomic E-state index is 0.0175. The van der Waals surface area contributed by atoms with Crippen LogP contribution in [0.2, 0.25) is 0 Å². The third-order valence-electron chi connectivity index (χ3n) is 2.38. The van der Waals surface area contributed by atoms with E-state index in [9.17, 15) is 21.6 Å². The van der Waals surface area contributed by atoms with E-state index in [0.29, 0.717) is 12.1 Å². The Hall–Kier alpha value is -0.830. The average molecular weight is 332 g/mol. The number of halogens is 4. The van der Waals surface area contributed by atoms with Crippen LogP contribution >= 0.6 is 11.6 Å². The van der Waals surface area contributed by atoms with Gasteiger partial charge in [0.1, 0.15) is 17.5 Å². The number of rotatable bonds is 7. The van der Waals surface area contributed by atoms with Crippen LogP contribution in [-0.2, 0) is 14.8 Å². The van der Waals surface area contributed by atoms with Crippen LogP contribution < -0.4 is 4.72 Å². The van der Waals surface area contributed by atoms with Crippen molar-refractivity contribution in [2.45, 2.75) is 17.4 Å². The molecule has 0 aliphatic heterocycles. The van der Waals surface area contributed by atoms with E-state index in [-0.39, 0.29) is 18.9 Å². The maximum atomic E-state index is 13.5. The lowest BCUT2D eigenvalue weighted by Gasteiger charge is -2.17. The van der Waals surface area contributed by atoms with Gasteiger partial charge >= 0.3 is 0 Å². The first-order valence-corrected chi connectivity index (χ1v) is 7.55. The van der Waals surface area contributed by atoms with E-state index >= 15 is 0 Å². The molecule has 0 spiro atoms. The molecule has 0 bridgehead atoms. The first kappa shape index (κ1) is 17.2. The van der Waals surface area contributed by atoms with Gasteiger partial charge in [-0.05, 0) is 6.42 Å². The number of sulfonamides is 1. The van der Waals surface area contributed by atoms with Crippen LogP contribution in [-0.4, -0.2) is 34.1 Å². The number of nitrogens with one attached hydrogen (secondary N) is 1. The Morgan fingerprint density at radius 3 is 2.30 bits per heavy atom. The molecular formula is C11H13ClF3NO3S. The van der Waals surface area contributed by atoms with Gasteiger partial charge in [-0.15, -0.1) is 11.6 Å². The Morgan fingerprint density at radius 1 is 1.30 bits per heavy atom. The van der Waals surface area contributed by atoms with Gasteiger partial charge in [0.2, 0.25) is 10.0 Å². The lowest BCUT2D eigenvalue weighted by Crippen LogP contribution is -2.39. The summed E-state index contributed by atoms with van der Waals surface area (Å²) in [6, 6.07) is -0.152. The van der Waals surface area contributed by atoms with Crippen LogP contribution in [0, 0.1) is 17.5 Å². The molecule has 1 N–H and O–H groups in total. The molecule has 0 saturated carbocycles. The third kappa shape index (κ3) is 4.34. The fourth-order valence-corrected chi connectivity index (χ4v) is 3.21. The Bertz CT molecular complexity index is 539. The quantitative estimate of drug-likeness (QED) is 0.778. The van der Waals surface area contributed by atoms with E-state index < -0.39 is 38.4 Å². The Morgan fingerprint density at radius 2 is 1.85 bits per heavy atom. The molecule has 9 heteroatoms. The lowest BCUT2D eigenvalue weighted by molar-refractivity contribution is 0.173. The van der Waals surface area contributed by atoms with Crippen molar-refractivity contribution < 1.29 is 26.3 Å². The number of alkyl halides is 1. The third-order valence-corrected chi connectivity index (χ3v) is 4.17. The predicted molar refractivity (Wildman–Crippen MR) is 67.6 cm³/mol. The normalized spacial score (nSPS) is 13.4. The highest BCUT2D eigenvalue weighted by atomic mass is 35.5. The molecule has 0 aromatic heterocycles. The maximum absolute atomic E-state index is 13.5. The minimum Gasteiger partial charge on any atom is -0.383 e. The zero-order valence-electron chi connectivity index (χ0n) is 10.5. The first-order chi connectivity index (χ1) is 9.31. The van der Waals surface area contributed by atoms with Gasteiger partial charge < -0.3 is 4.74 Å². The van der Waals surface area contributed by atoms with E-state index in [2.05, 4.69) is 4.72 Å². The van der Waals surface area contributed by atoms with E-state index in [1.807, 2.05) is 0 Å². The van der Waals surface area contributed by atoms with E-state index in [1.54, 1.807) is 0 Å². The fourth-order valence-electron chi connectivity index (χ4n) is 1.57. The van der Waals surface area contributed by atoms with E-state index in [1.165, 1.54) is 7.11 Å². The van der Waals surface area contributed by atoms with Crippen LogP contribution in [0.25, 0.3) is 0 Å². The molecule has 1 rings (SSSR count). The van der Waals surface area contributed by atoms with Gasteiger partial charge in [-0.3, -0.25) is 0 Å². The van der Waals surface area contributed by atoms with Gasteiger partial charge in [0, 0.05) is 31.2 Å². The van der Waals surface area contributed by atoms with Crippen LogP contribution in [0.4, 0.5) is 13.2 Å². The minimum atomic E-state index is -4.49. The molecule has 0 heterocycles. The molecule has 0 aliphatic rings. The largest absolute Gasteiger partial charge is 0.383 e. The summed E-state index contributed by atoms with van der Waals surface area (Å²) < 4.78 is 70.4. The average Bonchev–Trinajstić information content (AvgIpc) is 2.26. The molecule has 4 nitrogen and oxygen atoms in total. The molecule has 1 aromatic carbocycles. The maximum Gasteiger partial charge on any atom is 0.246 e. The second-order valence-electron chi connectivity index (χ2n) is 3.95. The van der Waals surface area contributed by atoms with Gasteiger partial charge in [0.05, 0.1) is 6.61 Å². The molecular weight excluding hydrogens is 319 g/mol. The Labute approximate surface area is 119 Å². The molecule has 1 atom stereocenters. The summed E-state index contributed by atoms with van der Waals surface area (Å²) in [5, 5.41) is 0. The molecule has 0 fully saturated rings. The van der Waals surface area contributed by atoms with Gasteiger partial charge in [0.25, 0.3) is 0 Å².